The van der Waals surface area contributed by atoms with Crippen LogP contribution < -0.4 is 5.73 Å². The summed E-state index contributed by atoms with van der Waals surface area (Å²) in [5.74, 6) is -2.59. The first-order chi connectivity index (χ1) is 13.5. The topological polar surface area (TPSA) is 102 Å². The van der Waals surface area contributed by atoms with Crippen LogP contribution in [0.5, 0.6) is 0 Å². The van der Waals surface area contributed by atoms with Gasteiger partial charge in [-0.1, -0.05) is 12.1 Å². The summed E-state index contributed by atoms with van der Waals surface area (Å²) in [5, 5.41) is 13.9. The molecular weight excluding hydrogens is 396 g/mol. The predicted octanol–water partition coefficient (Wildman–Crippen LogP) is 3.54. The standard InChI is InChI=1S/C20H20N2O4S2/c1-3-25-18(23)15-14(12-7-5-9-27-12)16(13-8-6-10-28-13)20(11-21,17(15)22)19(24)26-4-2/h5-10,14,16H,3-4,22H2,1-2H3/t14-,16+,20-/m1/s1. The second-order valence-corrected chi connectivity index (χ2v) is 8.13. The van der Waals surface area contributed by atoms with Crippen LogP contribution in [0.4, 0.5) is 0 Å². The zero-order chi connectivity index (χ0) is 20.3. The van der Waals surface area contributed by atoms with Crippen molar-refractivity contribution in [3.8, 4) is 6.07 Å². The predicted molar refractivity (Wildman–Crippen MR) is 107 cm³/mol. The number of esters is 2. The van der Waals surface area contributed by atoms with Crippen LogP contribution in [-0.4, -0.2) is 25.2 Å². The number of carbonyl (C=O) groups is 2. The van der Waals surface area contributed by atoms with E-state index in [9.17, 15) is 14.9 Å². The van der Waals surface area contributed by atoms with E-state index >= 15 is 0 Å². The zero-order valence-electron chi connectivity index (χ0n) is 15.5. The molecule has 2 aromatic rings. The molecule has 6 nitrogen and oxygen atoms in total. The van der Waals surface area contributed by atoms with Gasteiger partial charge in [-0.3, -0.25) is 0 Å². The number of hydrogen-bond acceptors (Lipinski definition) is 8. The number of thiophene rings is 2. The maximum absolute atomic E-state index is 13.1. The number of nitrogens with zero attached hydrogens (tertiary/aromatic N) is 1. The van der Waals surface area contributed by atoms with E-state index in [1.807, 2.05) is 35.0 Å². The molecule has 3 atom stereocenters. The van der Waals surface area contributed by atoms with Crippen LogP contribution in [0.1, 0.15) is 35.4 Å². The first kappa shape index (κ1) is 20.1. The molecule has 1 aliphatic carbocycles. The molecule has 0 saturated heterocycles. The summed E-state index contributed by atoms with van der Waals surface area (Å²) in [7, 11) is 0. The van der Waals surface area contributed by atoms with Crippen LogP contribution in [0.15, 0.2) is 46.3 Å². The van der Waals surface area contributed by atoms with Crippen molar-refractivity contribution < 1.29 is 19.1 Å². The minimum Gasteiger partial charge on any atom is -0.464 e. The van der Waals surface area contributed by atoms with Crippen LogP contribution in [0.25, 0.3) is 0 Å². The molecule has 8 heteroatoms. The first-order valence-electron chi connectivity index (χ1n) is 8.85. The molecule has 0 aromatic carbocycles. The molecular formula is C20H20N2O4S2. The first-order valence-corrected chi connectivity index (χ1v) is 10.6. The van der Waals surface area contributed by atoms with Crippen molar-refractivity contribution in [1.82, 2.24) is 0 Å². The minimum absolute atomic E-state index is 0.0799. The monoisotopic (exact) mass is 416 g/mol. The summed E-state index contributed by atoms with van der Waals surface area (Å²) in [5.41, 5.74) is 4.68. The van der Waals surface area contributed by atoms with E-state index in [2.05, 4.69) is 6.07 Å². The zero-order valence-corrected chi connectivity index (χ0v) is 17.1. The van der Waals surface area contributed by atoms with Gasteiger partial charge in [0.25, 0.3) is 0 Å². The largest absolute Gasteiger partial charge is 0.464 e. The molecule has 1 aliphatic rings. The Balaban J connectivity index is 2.31. The van der Waals surface area contributed by atoms with E-state index in [1.165, 1.54) is 22.7 Å². The fraction of sp³-hybridized carbons (Fsp3) is 0.350. The molecule has 0 amide bonds. The van der Waals surface area contributed by atoms with E-state index in [0.717, 1.165) is 9.75 Å². The van der Waals surface area contributed by atoms with Gasteiger partial charge in [-0.2, -0.15) is 5.26 Å². The molecule has 2 heterocycles. The second-order valence-electron chi connectivity index (χ2n) is 6.17. The Bertz CT molecular complexity index is 928. The number of hydrogen-bond donors (Lipinski definition) is 1. The van der Waals surface area contributed by atoms with Crippen LogP contribution in [0, 0.1) is 16.7 Å². The highest BCUT2D eigenvalue weighted by Crippen LogP contribution is 2.60. The molecule has 0 spiro atoms. The van der Waals surface area contributed by atoms with Gasteiger partial charge in [0.05, 0.1) is 30.6 Å². The van der Waals surface area contributed by atoms with Crippen LogP contribution in [0.2, 0.25) is 0 Å². The molecule has 2 aromatic heterocycles. The average molecular weight is 417 g/mol. The van der Waals surface area contributed by atoms with E-state index in [1.54, 1.807) is 13.8 Å². The molecule has 0 fully saturated rings. The molecule has 0 aliphatic heterocycles. The van der Waals surface area contributed by atoms with Gasteiger partial charge in [0.1, 0.15) is 0 Å². The Morgan fingerprint density at radius 3 is 2.25 bits per heavy atom. The smallest absolute Gasteiger partial charge is 0.336 e. The Kier molecular flexibility index (Phi) is 5.87. The van der Waals surface area contributed by atoms with Crippen molar-refractivity contribution in [2.45, 2.75) is 25.7 Å². The summed E-state index contributed by atoms with van der Waals surface area (Å²) in [6.07, 6.45) is 0. The third-order valence-corrected chi connectivity index (χ3v) is 6.71. The highest BCUT2D eigenvalue weighted by Gasteiger charge is 2.62. The fourth-order valence-electron chi connectivity index (χ4n) is 3.69. The van der Waals surface area contributed by atoms with E-state index in [4.69, 9.17) is 15.2 Å². The Labute approximate surface area is 171 Å². The SMILES string of the molecule is CCOC(=O)C1=C(N)[C@](C#N)(C(=O)OCC)[C@@H](c2cccs2)[C@@H]1c1cccs1. The van der Waals surface area contributed by atoms with Gasteiger partial charge >= 0.3 is 11.9 Å². The van der Waals surface area contributed by atoms with Gasteiger partial charge in [-0.15, -0.1) is 22.7 Å². The Hall–Kier alpha value is -2.63. The number of rotatable bonds is 6. The minimum atomic E-state index is -1.79. The molecule has 2 N–H and O–H groups in total. The second kappa shape index (κ2) is 8.17. The number of nitriles is 1. The molecule has 0 radical (unpaired) electrons. The van der Waals surface area contributed by atoms with Gasteiger partial charge in [0.15, 0.2) is 0 Å². The molecule has 146 valence electrons. The quantitative estimate of drug-likeness (QED) is 0.723. The summed E-state index contributed by atoms with van der Waals surface area (Å²) in [4.78, 5) is 27.5. The highest BCUT2D eigenvalue weighted by molar-refractivity contribution is 7.10. The van der Waals surface area contributed by atoms with Crippen LogP contribution in [-0.2, 0) is 19.1 Å². The van der Waals surface area contributed by atoms with Gasteiger partial charge in [-0.25, -0.2) is 9.59 Å². The van der Waals surface area contributed by atoms with Crippen molar-refractivity contribution >= 4 is 34.6 Å². The Morgan fingerprint density at radius 1 is 1.14 bits per heavy atom. The van der Waals surface area contributed by atoms with Gasteiger partial charge in [0, 0.05) is 21.6 Å². The average Bonchev–Trinajstić information content (AvgIpc) is 3.41. The van der Waals surface area contributed by atoms with Crippen molar-refractivity contribution in [2.24, 2.45) is 11.1 Å². The molecule has 0 saturated carbocycles. The summed E-state index contributed by atoms with van der Waals surface area (Å²) in [6.45, 7) is 3.63. The lowest BCUT2D eigenvalue weighted by molar-refractivity contribution is -0.151. The maximum Gasteiger partial charge on any atom is 0.336 e. The van der Waals surface area contributed by atoms with E-state index in [0.29, 0.717) is 0 Å². The number of ether oxygens (including phenoxy) is 2. The van der Waals surface area contributed by atoms with E-state index in [-0.39, 0.29) is 24.5 Å². The number of nitrogens with two attached hydrogens (primary N) is 1. The Morgan fingerprint density at radius 2 is 1.75 bits per heavy atom. The van der Waals surface area contributed by atoms with Crippen molar-refractivity contribution in [3.05, 3.63) is 56.1 Å². The summed E-state index contributed by atoms with van der Waals surface area (Å²) >= 11 is 2.86. The van der Waals surface area contributed by atoms with Crippen molar-refractivity contribution in [3.63, 3.8) is 0 Å². The third kappa shape index (κ3) is 3.01. The lowest BCUT2D eigenvalue weighted by Gasteiger charge is -2.30. The third-order valence-electron chi connectivity index (χ3n) is 4.79. The normalized spacial score (nSPS) is 24.0. The van der Waals surface area contributed by atoms with E-state index < -0.39 is 29.2 Å². The molecule has 0 unspecified atom stereocenters. The maximum atomic E-state index is 13.1. The summed E-state index contributed by atoms with van der Waals surface area (Å²) < 4.78 is 10.5. The van der Waals surface area contributed by atoms with Crippen molar-refractivity contribution in [2.75, 3.05) is 13.2 Å². The molecule has 28 heavy (non-hydrogen) atoms. The molecule has 3 rings (SSSR count). The van der Waals surface area contributed by atoms with Gasteiger partial charge in [-0.05, 0) is 36.7 Å². The van der Waals surface area contributed by atoms with Crippen molar-refractivity contribution in [1.29, 1.82) is 5.26 Å². The fourth-order valence-corrected chi connectivity index (χ4v) is 5.49. The lowest BCUT2D eigenvalue weighted by Crippen LogP contribution is -2.40. The van der Waals surface area contributed by atoms with Crippen LogP contribution >= 0.6 is 22.7 Å². The van der Waals surface area contributed by atoms with Gasteiger partial charge < -0.3 is 15.2 Å². The summed E-state index contributed by atoms with van der Waals surface area (Å²) in [6, 6.07) is 9.55. The van der Waals surface area contributed by atoms with Crippen LogP contribution in [0.3, 0.4) is 0 Å². The highest BCUT2D eigenvalue weighted by atomic mass is 32.1. The number of carbonyl (C=O) groups excluding carboxylic acids is 2. The molecule has 0 bridgehead atoms. The lowest BCUT2D eigenvalue weighted by atomic mass is 9.73. The van der Waals surface area contributed by atoms with Gasteiger partial charge in [0.2, 0.25) is 5.41 Å².